The first-order valence-corrected chi connectivity index (χ1v) is 7.03. The molecule has 0 spiro atoms. The van der Waals surface area contributed by atoms with E-state index in [1.165, 1.54) is 32.7 Å². The van der Waals surface area contributed by atoms with Gasteiger partial charge in [-0.05, 0) is 0 Å². The van der Waals surface area contributed by atoms with Gasteiger partial charge in [-0.15, -0.1) is 53.1 Å². The summed E-state index contributed by atoms with van der Waals surface area (Å²) in [5.41, 5.74) is 2.71. The van der Waals surface area contributed by atoms with Crippen molar-refractivity contribution in [3.8, 4) is 0 Å². The van der Waals surface area contributed by atoms with E-state index in [4.69, 9.17) is 0 Å². The summed E-state index contributed by atoms with van der Waals surface area (Å²) in [6, 6.07) is 19.3. The Bertz CT molecular complexity index is 746. The first-order chi connectivity index (χ1) is 9.75. The Balaban J connectivity index is 0.000000426. The zero-order valence-corrected chi connectivity index (χ0v) is 16.3. The average Bonchev–Trinajstić information content (AvgIpc) is 3.03. The summed E-state index contributed by atoms with van der Waals surface area (Å²) in [6.45, 7) is 4.22. The van der Waals surface area contributed by atoms with Crippen molar-refractivity contribution in [1.29, 1.82) is 0 Å². The summed E-state index contributed by atoms with van der Waals surface area (Å²) in [7, 11) is 0. The molecule has 0 N–H and O–H groups in total. The van der Waals surface area contributed by atoms with Crippen LogP contribution in [0.4, 0.5) is 0 Å². The van der Waals surface area contributed by atoms with Gasteiger partial charge in [-0.3, -0.25) is 6.08 Å². The first kappa shape index (κ1) is 22.1. The standard InChI is InChI=1S/C13H9.C7H9.2ClH.Ti/c1-3-7-12-10(5-1)9-11-6-2-4-8-13(11)12;1-6-4-3-5-7(6)2;;;/h1-9H;4H,3H2,1-2H3;2*1H;/q2*-1;;;+4/p-2. The van der Waals surface area contributed by atoms with E-state index in [-0.39, 0.29) is 46.5 Å². The van der Waals surface area contributed by atoms with Crippen molar-refractivity contribution in [3.63, 3.8) is 0 Å². The zero-order chi connectivity index (χ0) is 13.9. The largest absolute Gasteiger partial charge is 4.00 e. The summed E-state index contributed by atoms with van der Waals surface area (Å²) in [5.74, 6) is 0. The molecule has 0 saturated carbocycles. The van der Waals surface area contributed by atoms with Gasteiger partial charge in [-0.2, -0.15) is 6.08 Å². The molecule has 0 amide bonds. The number of benzene rings is 2. The molecule has 0 nitrogen and oxygen atoms in total. The summed E-state index contributed by atoms with van der Waals surface area (Å²) >= 11 is 0. The van der Waals surface area contributed by atoms with Gasteiger partial charge in [0.05, 0.1) is 0 Å². The number of fused-ring (bicyclic) bond motifs is 3. The second-order valence-corrected chi connectivity index (χ2v) is 5.21. The van der Waals surface area contributed by atoms with Crippen LogP contribution in [0.5, 0.6) is 0 Å². The van der Waals surface area contributed by atoms with E-state index in [1.807, 2.05) is 0 Å². The van der Waals surface area contributed by atoms with E-state index in [1.54, 1.807) is 0 Å². The molecule has 116 valence electrons. The van der Waals surface area contributed by atoms with Gasteiger partial charge in [-0.25, -0.2) is 11.1 Å². The Morgan fingerprint density at radius 2 is 1.30 bits per heavy atom. The maximum atomic E-state index is 3.19. The van der Waals surface area contributed by atoms with Gasteiger partial charge in [0.2, 0.25) is 0 Å². The minimum atomic E-state index is 0. The van der Waals surface area contributed by atoms with Gasteiger partial charge in [0.15, 0.2) is 0 Å². The molecule has 0 heterocycles. The van der Waals surface area contributed by atoms with E-state index in [2.05, 4.69) is 80.6 Å². The first-order valence-electron chi connectivity index (χ1n) is 7.03. The number of halogens is 2. The van der Waals surface area contributed by atoms with Crippen molar-refractivity contribution >= 4 is 21.5 Å². The van der Waals surface area contributed by atoms with Crippen LogP contribution >= 0.6 is 0 Å². The van der Waals surface area contributed by atoms with Crippen LogP contribution in [0.1, 0.15) is 20.3 Å². The summed E-state index contributed by atoms with van der Waals surface area (Å²) in [5, 5.41) is 5.39. The Morgan fingerprint density at radius 1 is 0.826 bits per heavy atom. The molecule has 0 fully saturated rings. The van der Waals surface area contributed by atoms with Crippen LogP contribution in [-0.2, 0) is 21.7 Å². The predicted molar refractivity (Wildman–Crippen MR) is 87.9 cm³/mol. The molecule has 0 saturated heterocycles. The topological polar surface area (TPSA) is 0 Å². The number of hydrogen-bond acceptors (Lipinski definition) is 0. The maximum absolute atomic E-state index is 3.19. The van der Waals surface area contributed by atoms with Gasteiger partial charge in [0.25, 0.3) is 0 Å². The van der Waals surface area contributed by atoms with Crippen molar-refractivity contribution in [2.75, 3.05) is 0 Å². The van der Waals surface area contributed by atoms with E-state index in [9.17, 15) is 0 Å². The van der Waals surface area contributed by atoms with Crippen molar-refractivity contribution in [2.24, 2.45) is 0 Å². The monoisotopic (exact) mass is 376 g/mol. The summed E-state index contributed by atoms with van der Waals surface area (Å²) in [4.78, 5) is 0. The average molecular weight is 377 g/mol. The third-order valence-electron chi connectivity index (χ3n) is 3.89. The quantitative estimate of drug-likeness (QED) is 0.376. The van der Waals surface area contributed by atoms with Crippen molar-refractivity contribution in [1.82, 2.24) is 0 Å². The van der Waals surface area contributed by atoms with Crippen molar-refractivity contribution in [3.05, 3.63) is 77.9 Å². The fraction of sp³-hybridized carbons (Fsp3) is 0.150. The molecular formula is C20H18Cl2Ti. The number of allylic oxidation sites excluding steroid dienone is 4. The minimum Gasteiger partial charge on any atom is -1.00 e. The van der Waals surface area contributed by atoms with Crippen molar-refractivity contribution in [2.45, 2.75) is 20.3 Å². The Labute approximate surface area is 165 Å². The second-order valence-electron chi connectivity index (χ2n) is 5.21. The Hall–Kier alpha value is -0.916. The molecule has 0 atom stereocenters. The normalized spacial score (nSPS) is 12.1. The van der Waals surface area contributed by atoms with E-state index < -0.39 is 0 Å². The van der Waals surface area contributed by atoms with Crippen LogP contribution in [0.25, 0.3) is 21.5 Å². The molecule has 3 aromatic rings. The number of rotatable bonds is 0. The molecule has 3 heteroatoms. The number of hydrogen-bond donors (Lipinski definition) is 0. The van der Waals surface area contributed by atoms with E-state index in [0.717, 1.165) is 6.42 Å². The van der Waals surface area contributed by atoms with Crippen LogP contribution in [0.15, 0.2) is 71.8 Å². The molecule has 0 unspecified atom stereocenters. The van der Waals surface area contributed by atoms with Crippen molar-refractivity contribution < 1.29 is 46.5 Å². The van der Waals surface area contributed by atoms with Crippen LogP contribution in [-0.4, -0.2) is 0 Å². The van der Waals surface area contributed by atoms with Gasteiger partial charge in [-0.1, -0.05) is 43.3 Å². The Morgan fingerprint density at radius 3 is 1.65 bits per heavy atom. The molecule has 23 heavy (non-hydrogen) atoms. The molecule has 1 aliphatic carbocycles. The van der Waals surface area contributed by atoms with Gasteiger partial charge >= 0.3 is 21.7 Å². The fourth-order valence-electron chi connectivity index (χ4n) is 2.55. The van der Waals surface area contributed by atoms with E-state index in [0.29, 0.717) is 0 Å². The molecule has 0 aromatic heterocycles. The third kappa shape index (κ3) is 5.03. The van der Waals surface area contributed by atoms with Gasteiger partial charge in [0, 0.05) is 0 Å². The maximum Gasteiger partial charge on any atom is 4.00 e. The molecular weight excluding hydrogens is 359 g/mol. The Kier molecular flexibility index (Phi) is 9.65. The SMILES string of the molecule is CC1=[C-]CC=C1C.[Cl-].[Cl-].[Ti+4].c1ccc2c(c1)[cH-]c1ccccc12. The van der Waals surface area contributed by atoms with E-state index >= 15 is 0 Å². The molecule has 0 bridgehead atoms. The third-order valence-corrected chi connectivity index (χ3v) is 3.89. The molecule has 1 aliphatic rings. The van der Waals surface area contributed by atoms with Crippen LogP contribution < -0.4 is 24.8 Å². The molecule has 4 rings (SSSR count). The second kappa shape index (κ2) is 10.1. The van der Waals surface area contributed by atoms with Gasteiger partial charge in [0.1, 0.15) is 0 Å². The van der Waals surface area contributed by atoms with Crippen LogP contribution in [0.3, 0.4) is 0 Å². The summed E-state index contributed by atoms with van der Waals surface area (Å²) in [6.07, 6.45) is 6.41. The van der Waals surface area contributed by atoms with Crippen LogP contribution in [0.2, 0.25) is 0 Å². The fourth-order valence-corrected chi connectivity index (χ4v) is 2.55. The molecule has 0 aliphatic heterocycles. The molecule has 0 radical (unpaired) electrons. The summed E-state index contributed by atoms with van der Waals surface area (Å²) < 4.78 is 0. The van der Waals surface area contributed by atoms with Crippen LogP contribution in [0, 0.1) is 6.08 Å². The minimum absolute atomic E-state index is 0. The smallest absolute Gasteiger partial charge is 1.00 e. The molecule has 3 aromatic carbocycles. The predicted octanol–water partition coefficient (Wildman–Crippen LogP) is -0.197. The zero-order valence-electron chi connectivity index (χ0n) is 13.2. The van der Waals surface area contributed by atoms with Gasteiger partial charge < -0.3 is 24.8 Å².